The van der Waals surface area contributed by atoms with Crippen LogP contribution in [0.15, 0.2) is 83.5 Å². The first-order valence-electron chi connectivity index (χ1n) is 11.5. The minimum Gasteiger partial charge on any atom is -0.459 e. The average molecular weight is 472 g/mol. The number of alkyl carbamates (subject to hydrolysis) is 1. The molecule has 0 radical (unpaired) electrons. The number of carbonyl (C=O) groups excluding carboxylic acids is 2. The van der Waals surface area contributed by atoms with Gasteiger partial charge in [0.2, 0.25) is 5.91 Å². The Morgan fingerprint density at radius 2 is 1.80 bits per heavy atom. The van der Waals surface area contributed by atoms with Crippen LogP contribution in [0.2, 0.25) is 0 Å². The van der Waals surface area contributed by atoms with Crippen molar-refractivity contribution in [2.75, 3.05) is 0 Å². The molecule has 1 atom stereocenters. The number of amides is 2. The van der Waals surface area contributed by atoms with Crippen molar-refractivity contribution in [1.82, 2.24) is 15.6 Å². The number of ether oxygens (including phenoxy) is 1. The monoisotopic (exact) mass is 471 g/mol. The van der Waals surface area contributed by atoms with Gasteiger partial charge in [-0.15, -0.1) is 0 Å². The molecule has 0 saturated heterocycles. The third-order valence-electron chi connectivity index (χ3n) is 5.24. The fourth-order valence-corrected chi connectivity index (χ4v) is 3.75. The summed E-state index contributed by atoms with van der Waals surface area (Å²) in [6.45, 7) is 5.75. The zero-order valence-corrected chi connectivity index (χ0v) is 20.1. The topological polar surface area (TPSA) is 93.5 Å². The highest BCUT2D eigenvalue weighted by Crippen LogP contribution is 2.28. The number of carbonyl (C=O) groups is 2. The second-order valence-electron chi connectivity index (χ2n) is 9.33. The zero-order chi connectivity index (χ0) is 24.8. The summed E-state index contributed by atoms with van der Waals surface area (Å²) in [5.74, 6) is 0.486. The second kappa shape index (κ2) is 10.4. The van der Waals surface area contributed by atoms with Crippen molar-refractivity contribution in [3.8, 4) is 0 Å². The van der Waals surface area contributed by atoms with Gasteiger partial charge in [-0.2, -0.15) is 0 Å². The van der Waals surface area contributed by atoms with E-state index in [1.165, 1.54) is 0 Å². The highest BCUT2D eigenvalue weighted by atomic mass is 16.6. The van der Waals surface area contributed by atoms with Gasteiger partial charge in [0.1, 0.15) is 23.0 Å². The Hall–Kier alpha value is -4.13. The molecule has 0 aliphatic carbocycles. The van der Waals surface area contributed by atoms with Crippen LogP contribution in [0.25, 0.3) is 11.0 Å². The molecule has 2 aromatic carbocycles. The number of benzene rings is 2. The quantitative estimate of drug-likeness (QED) is 0.381. The normalized spacial score (nSPS) is 12.2. The van der Waals surface area contributed by atoms with E-state index in [0.29, 0.717) is 12.3 Å². The van der Waals surface area contributed by atoms with Crippen molar-refractivity contribution < 1.29 is 18.7 Å². The predicted octanol–water partition coefficient (Wildman–Crippen LogP) is 5.30. The summed E-state index contributed by atoms with van der Waals surface area (Å²) in [6, 6.07) is 20.5. The summed E-state index contributed by atoms with van der Waals surface area (Å²) in [6.07, 6.45) is 3.11. The van der Waals surface area contributed by atoms with E-state index in [1.807, 2.05) is 87.5 Å². The number of pyridine rings is 1. The number of para-hydroxylation sites is 1. The van der Waals surface area contributed by atoms with E-state index < -0.39 is 17.7 Å². The van der Waals surface area contributed by atoms with E-state index in [1.54, 1.807) is 12.4 Å². The van der Waals surface area contributed by atoms with Gasteiger partial charge in [0.25, 0.3) is 0 Å². The van der Waals surface area contributed by atoms with Crippen LogP contribution in [0.4, 0.5) is 4.79 Å². The van der Waals surface area contributed by atoms with Crippen LogP contribution in [0, 0.1) is 0 Å². The maximum Gasteiger partial charge on any atom is 0.407 e. The number of aromatic nitrogens is 1. The van der Waals surface area contributed by atoms with Gasteiger partial charge in [0.05, 0.1) is 6.42 Å². The highest BCUT2D eigenvalue weighted by molar-refractivity contribution is 5.81. The summed E-state index contributed by atoms with van der Waals surface area (Å²) in [5.41, 5.74) is 2.74. The van der Waals surface area contributed by atoms with Crippen LogP contribution in [-0.2, 0) is 22.5 Å². The molecule has 0 saturated carbocycles. The lowest BCUT2D eigenvalue weighted by Crippen LogP contribution is -2.32. The third kappa shape index (κ3) is 6.69. The van der Waals surface area contributed by atoms with E-state index >= 15 is 0 Å². The number of rotatable bonds is 7. The van der Waals surface area contributed by atoms with Crippen LogP contribution in [0.3, 0.4) is 0 Å². The molecular weight excluding hydrogens is 442 g/mol. The molecule has 0 spiro atoms. The molecule has 4 rings (SSSR count). The zero-order valence-electron chi connectivity index (χ0n) is 20.1. The number of nitrogens with one attached hydrogen (secondary N) is 2. The van der Waals surface area contributed by atoms with Crippen LogP contribution in [0.5, 0.6) is 0 Å². The molecule has 0 bridgehead atoms. The first kappa shape index (κ1) is 24.0. The van der Waals surface area contributed by atoms with Crippen molar-refractivity contribution in [2.24, 2.45) is 0 Å². The number of furan rings is 1. The molecule has 2 heterocycles. The lowest BCUT2D eigenvalue weighted by Gasteiger charge is -2.19. The minimum absolute atomic E-state index is 0.156. The Kier molecular flexibility index (Phi) is 7.15. The van der Waals surface area contributed by atoms with Gasteiger partial charge in [-0.1, -0.05) is 48.5 Å². The molecule has 4 aromatic rings. The summed E-state index contributed by atoms with van der Waals surface area (Å²) >= 11 is 0. The molecule has 2 N–H and O–H groups in total. The summed E-state index contributed by atoms with van der Waals surface area (Å²) in [4.78, 5) is 29.2. The largest absolute Gasteiger partial charge is 0.459 e. The van der Waals surface area contributed by atoms with Gasteiger partial charge in [0.15, 0.2) is 0 Å². The molecule has 7 nitrogen and oxygen atoms in total. The van der Waals surface area contributed by atoms with E-state index in [-0.39, 0.29) is 12.3 Å². The van der Waals surface area contributed by atoms with Crippen LogP contribution in [0.1, 0.15) is 49.3 Å². The van der Waals surface area contributed by atoms with Gasteiger partial charge in [-0.25, -0.2) is 4.79 Å². The molecule has 0 aliphatic heterocycles. The molecule has 7 heteroatoms. The van der Waals surface area contributed by atoms with E-state index in [0.717, 1.165) is 27.7 Å². The number of hydrogen-bond acceptors (Lipinski definition) is 5. The predicted molar refractivity (Wildman–Crippen MR) is 134 cm³/mol. The molecule has 2 amide bonds. The van der Waals surface area contributed by atoms with Crippen molar-refractivity contribution >= 4 is 23.0 Å². The summed E-state index contributed by atoms with van der Waals surface area (Å²) < 4.78 is 11.3. The molecule has 35 heavy (non-hydrogen) atoms. The third-order valence-corrected chi connectivity index (χ3v) is 5.24. The fourth-order valence-electron chi connectivity index (χ4n) is 3.75. The molecule has 1 unspecified atom stereocenters. The van der Waals surface area contributed by atoms with E-state index in [2.05, 4.69) is 15.6 Å². The molecule has 180 valence electrons. The molecular formula is C28H29N3O4. The molecule has 0 fully saturated rings. The number of nitrogens with zero attached hydrogens (tertiary/aromatic N) is 1. The fraction of sp³-hybridized carbons (Fsp3) is 0.250. The lowest BCUT2D eigenvalue weighted by molar-refractivity contribution is -0.121. The average Bonchev–Trinajstić information content (AvgIpc) is 3.25. The minimum atomic E-state index is -0.561. The number of hydrogen-bond donors (Lipinski definition) is 2. The Morgan fingerprint density at radius 1 is 1.00 bits per heavy atom. The molecule has 2 aromatic heterocycles. The van der Waals surface area contributed by atoms with Crippen molar-refractivity contribution in [1.29, 1.82) is 0 Å². The second-order valence-corrected chi connectivity index (χ2v) is 9.33. The smallest absolute Gasteiger partial charge is 0.407 e. The summed E-state index contributed by atoms with van der Waals surface area (Å²) in [5, 5.41) is 6.80. The van der Waals surface area contributed by atoms with E-state index in [4.69, 9.17) is 9.15 Å². The first-order valence-corrected chi connectivity index (χ1v) is 11.5. The van der Waals surface area contributed by atoms with Crippen molar-refractivity contribution in [2.45, 2.75) is 45.4 Å². The lowest BCUT2D eigenvalue weighted by atomic mass is 10.0. The first-order chi connectivity index (χ1) is 16.8. The van der Waals surface area contributed by atoms with Crippen molar-refractivity contribution in [3.63, 3.8) is 0 Å². The van der Waals surface area contributed by atoms with Gasteiger partial charge in [-0.3, -0.25) is 9.78 Å². The Balaban J connectivity index is 1.45. The maximum absolute atomic E-state index is 13.1. The van der Waals surface area contributed by atoms with Crippen LogP contribution >= 0.6 is 0 Å². The SMILES string of the molecule is CC(C)(C)OC(=O)NCc1cccc(CC(=O)NC(c2cccnc2)c2cc3ccccc3o2)c1. The van der Waals surface area contributed by atoms with Crippen molar-refractivity contribution in [3.05, 3.63) is 102 Å². The van der Waals surface area contributed by atoms with Gasteiger partial charge >= 0.3 is 6.09 Å². The van der Waals surface area contributed by atoms with Gasteiger partial charge < -0.3 is 19.8 Å². The number of fused-ring (bicyclic) bond motifs is 1. The Morgan fingerprint density at radius 3 is 2.54 bits per heavy atom. The standard InChI is InChI=1S/C28H29N3O4/c1-28(2,3)35-27(33)30-17-20-9-6-8-19(14-20)15-25(32)31-26(22-11-7-13-29-18-22)24-16-21-10-4-5-12-23(21)34-24/h4-14,16,18,26H,15,17H2,1-3H3,(H,30,33)(H,31,32). The Labute approximate surface area is 204 Å². The molecule has 0 aliphatic rings. The van der Waals surface area contributed by atoms with Crippen LogP contribution < -0.4 is 10.6 Å². The van der Waals surface area contributed by atoms with E-state index in [9.17, 15) is 9.59 Å². The van der Waals surface area contributed by atoms with Gasteiger partial charge in [-0.05, 0) is 50.1 Å². The highest BCUT2D eigenvalue weighted by Gasteiger charge is 2.21. The summed E-state index contributed by atoms with van der Waals surface area (Å²) in [7, 11) is 0. The Bertz CT molecular complexity index is 1280. The maximum atomic E-state index is 13.1. The van der Waals surface area contributed by atoms with Gasteiger partial charge in [0, 0.05) is 29.9 Å². The van der Waals surface area contributed by atoms with Crippen LogP contribution in [-0.4, -0.2) is 22.6 Å².